The molecule has 0 radical (unpaired) electrons. The van der Waals surface area contributed by atoms with E-state index in [0.717, 1.165) is 6.54 Å². The average molecular weight is 201 g/mol. The summed E-state index contributed by atoms with van der Waals surface area (Å²) < 4.78 is 0. The van der Waals surface area contributed by atoms with Crippen LogP contribution in [0.1, 0.15) is 36.5 Å². The van der Waals surface area contributed by atoms with Gasteiger partial charge in [0.1, 0.15) is 0 Å². The van der Waals surface area contributed by atoms with Crippen LogP contribution >= 0.6 is 0 Å². The summed E-state index contributed by atoms with van der Waals surface area (Å²) in [5, 5.41) is 0. The van der Waals surface area contributed by atoms with Crippen molar-refractivity contribution < 1.29 is 0 Å². The van der Waals surface area contributed by atoms with Gasteiger partial charge in [0.15, 0.2) is 0 Å². The van der Waals surface area contributed by atoms with Crippen LogP contribution in [-0.2, 0) is 12.0 Å². The lowest BCUT2D eigenvalue weighted by molar-refractivity contribution is 0.233. The molecule has 1 saturated carbocycles. The summed E-state index contributed by atoms with van der Waals surface area (Å²) >= 11 is 0. The summed E-state index contributed by atoms with van der Waals surface area (Å²) in [6.45, 7) is 8.12. The van der Waals surface area contributed by atoms with E-state index in [1.165, 1.54) is 31.5 Å². The highest BCUT2D eigenvalue weighted by Crippen LogP contribution is 2.52. The van der Waals surface area contributed by atoms with Gasteiger partial charge in [0.25, 0.3) is 0 Å². The second-order valence-electron chi connectivity index (χ2n) is 5.24. The predicted octanol–water partition coefficient (Wildman–Crippen LogP) is 2.86. The molecular weight excluding hydrogens is 182 g/mol. The van der Waals surface area contributed by atoms with Crippen LogP contribution in [0.3, 0.4) is 0 Å². The maximum absolute atomic E-state index is 2.59. The van der Waals surface area contributed by atoms with Crippen molar-refractivity contribution in [2.75, 3.05) is 13.1 Å². The van der Waals surface area contributed by atoms with Crippen molar-refractivity contribution in [1.29, 1.82) is 0 Å². The number of likely N-dealkylation sites (N-methyl/N-ethyl adjacent to an activating group) is 1. The highest BCUT2D eigenvalue weighted by Gasteiger charge is 2.48. The van der Waals surface area contributed by atoms with Gasteiger partial charge in [0.05, 0.1) is 0 Å². The van der Waals surface area contributed by atoms with Crippen LogP contribution < -0.4 is 0 Å². The molecule has 2 aliphatic rings. The average Bonchev–Trinajstić information content (AvgIpc) is 2.97. The van der Waals surface area contributed by atoms with Crippen LogP contribution in [0, 0.1) is 6.92 Å². The minimum Gasteiger partial charge on any atom is -0.298 e. The molecule has 1 aliphatic carbocycles. The van der Waals surface area contributed by atoms with Gasteiger partial charge in [0.2, 0.25) is 0 Å². The van der Waals surface area contributed by atoms with Gasteiger partial charge < -0.3 is 0 Å². The quantitative estimate of drug-likeness (QED) is 0.675. The molecule has 0 amide bonds. The molecule has 0 bridgehead atoms. The topological polar surface area (TPSA) is 3.24 Å². The standard InChI is InChI=1S/C14H19N/c1-3-15-9-12-8-11(2)4-5-13(12)14(10-15)6-7-14/h4-5,8H,3,6-7,9-10H2,1-2H3. The van der Waals surface area contributed by atoms with Crippen LogP contribution in [0.5, 0.6) is 0 Å². The number of aryl methyl sites for hydroxylation is 1. The van der Waals surface area contributed by atoms with Gasteiger partial charge in [-0.1, -0.05) is 30.7 Å². The fourth-order valence-electron chi connectivity index (χ4n) is 2.98. The van der Waals surface area contributed by atoms with Gasteiger partial charge >= 0.3 is 0 Å². The van der Waals surface area contributed by atoms with E-state index in [0.29, 0.717) is 5.41 Å². The summed E-state index contributed by atoms with van der Waals surface area (Å²) in [7, 11) is 0. The van der Waals surface area contributed by atoms with E-state index < -0.39 is 0 Å². The first-order valence-corrected chi connectivity index (χ1v) is 6.06. The zero-order valence-corrected chi connectivity index (χ0v) is 9.71. The molecule has 0 N–H and O–H groups in total. The minimum atomic E-state index is 0.553. The Morgan fingerprint density at radius 2 is 2.13 bits per heavy atom. The van der Waals surface area contributed by atoms with E-state index in [9.17, 15) is 0 Å². The summed E-state index contributed by atoms with van der Waals surface area (Å²) in [5.74, 6) is 0. The number of benzene rings is 1. The largest absolute Gasteiger partial charge is 0.298 e. The first-order valence-electron chi connectivity index (χ1n) is 6.06. The molecule has 15 heavy (non-hydrogen) atoms. The Morgan fingerprint density at radius 1 is 1.33 bits per heavy atom. The Balaban J connectivity index is 2.05. The minimum absolute atomic E-state index is 0.553. The van der Waals surface area contributed by atoms with Gasteiger partial charge in [-0.05, 0) is 37.4 Å². The Kier molecular flexibility index (Phi) is 1.93. The van der Waals surface area contributed by atoms with Crippen molar-refractivity contribution in [3.8, 4) is 0 Å². The lowest BCUT2D eigenvalue weighted by Crippen LogP contribution is -2.37. The van der Waals surface area contributed by atoms with Gasteiger partial charge in [-0.15, -0.1) is 0 Å². The molecule has 1 aromatic carbocycles. The number of fused-ring (bicyclic) bond motifs is 2. The zero-order valence-electron chi connectivity index (χ0n) is 9.71. The van der Waals surface area contributed by atoms with Crippen LogP contribution in [0.15, 0.2) is 18.2 Å². The highest BCUT2D eigenvalue weighted by molar-refractivity contribution is 5.43. The Hall–Kier alpha value is -0.820. The molecule has 0 atom stereocenters. The third-order valence-electron chi connectivity index (χ3n) is 4.05. The fourth-order valence-corrected chi connectivity index (χ4v) is 2.98. The van der Waals surface area contributed by atoms with Crippen molar-refractivity contribution in [2.45, 2.75) is 38.6 Å². The molecule has 0 saturated heterocycles. The molecule has 80 valence electrons. The van der Waals surface area contributed by atoms with Gasteiger partial charge in [-0.3, -0.25) is 4.90 Å². The second-order valence-corrected chi connectivity index (χ2v) is 5.24. The van der Waals surface area contributed by atoms with Crippen LogP contribution in [0.4, 0.5) is 0 Å². The Bertz CT molecular complexity index is 390. The Morgan fingerprint density at radius 3 is 2.80 bits per heavy atom. The van der Waals surface area contributed by atoms with E-state index >= 15 is 0 Å². The van der Waals surface area contributed by atoms with E-state index in [1.807, 2.05) is 0 Å². The summed E-state index contributed by atoms with van der Waals surface area (Å²) in [5.41, 5.74) is 5.19. The molecule has 1 aromatic rings. The van der Waals surface area contributed by atoms with Crippen molar-refractivity contribution in [3.05, 3.63) is 34.9 Å². The lowest BCUT2D eigenvalue weighted by atomic mass is 9.86. The molecule has 1 nitrogen and oxygen atoms in total. The first-order chi connectivity index (χ1) is 7.23. The van der Waals surface area contributed by atoms with Crippen molar-refractivity contribution in [2.24, 2.45) is 0 Å². The van der Waals surface area contributed by atoms with Gasteiger partial charge in [0, 0.05) is 18.5 Å². The molecule has 1 aliphatic heterocycles. The monoisotopic (exact) mass is 201 g/mol. The molecule has 0 unspecified atom stereocenters. The van der Waals surface area contributed by atoms with Crippen molar-refractivity contribution in [3.63, 3.8) is 0 Å². The zero-order chi connectivity index (χ0) is 10.5. The number of rotatable bonds is 1. The van der Waals surface area contributed by atoms with Crippen molar-refractivity contribution >= 4 is 0 Å². The second kappa shape index (κ2) is 3.08. The third kappa shape index (κ3) is 1.41. The molecule has 0 aromatic heterocycles. The van der Waals surface area contributed by atoms with Crippen LogP contribution in [-0.4, -0.2) is 18.0 Å². The van der Waals surface area contributed by atoms with E-state index in [4.69, 9.17) is 0 Å². The lowest BCUT2D eigenvalue weighted by Gasteiger charge is -2.34. The van der Waals surface area contributed by atoms with Crippen LogP contribution in [0.25, 0.3) is 0 Å². The molecule has 1 heterocycles. The van der Waals surface area contributed by atoms with Crippen molar-refractivity contribution in [1.82, 2.24) is 4.90 Å². The van der Waals surface area contributed by atoms with E-state index in [-0.39, 0.29) is 0 Å². The SMILES string of the molecule is CCN1Cc2cc(C)ccc2C2(CC2)C1. The van der Waals surface area contributed by atoms with E-state index in [1.54, 1.807) is 11.1 Å². The summed E-state index contributed by atoms with van der Waals surface area (Å²) in [4.78, 5) is 2.59. The summed E-state index contributed by atoms with van der Waals surface area (Å²) in [6.07, 6.45) is 2.80. The van der Waals surface area contributed by atoms with E-state index in [2.05, 4.69) is 36.9 Å². The molecule has 1 spiro atoms. The molecule has 3 rings (SSSR count). The summed E-state index contributed by atoms with van der Waals surface area (Å²) in [6, 6.07) is 7.04. The van der Waals surface area contributed by atoms with Gasteiger partial charge in [-0.2, -0.15) is 0 Å². The maximum Gasteiger partial charge on any atom is 0.0237 e. The fraction of sp³-hybridized carbons (Fsp3) is 0.571. The predicted molar refractivity (Wildman–Crippen MR) is 63.0 cm³/mol. The number of hydrogen-bond acceptors (Lipinski definition) is 1. The molecule has 1 fully saturated rings. The Labute approximate surface area is 92.1 Å². The third-order valence-corrected chi connectivity index (χ3v) is 4.05. The maximum atomic E-state index is 2.59. The van der Waals surface area contributed by atoms with Crippen LogP contribution in [0.2, 0.25) is 0 Å². The normalized spacial score (nSPS) is 22.8. The first kappa shape index (κ1) is 9.41. The number of nitrogens with zero attached hydrogens (tertiary/aromatic N) is 1. The smallest absolute Gasteiger partial charge is 0.0237 e. The highest BCUT2D eigenvalue weighted by atomic mass is 15.1. The molecular formula is C14H19N. The van der Waals surface area contributed by atoms with Gasteiger partial charge in [-0.25, -0.2) is 0 Å². The number of hydrogen-bond donors (Lipinski definition) is 0. The molecule has 1 heteroatoms.